The van der Waals surface area contributed by atoms with Crippen LogP contribution >= 0.6 is 0 Å². The van der Waals surface area contributed by atoms with Crippen LogP contribution in [0.2, 0.25) is 0 Å². The van der Waals surface area contributed by atoms with E-state index in [0.717, 1.165) is 24.2 Å². The second kappa shape index (κ2) is 6.85. The number of amides is 1. The van der Waals surface area contributed by atoms with Crippen LogP contribution in [0.4, 0.5) is 0 Å². The third-order valence-corrected chi connectivity index (χ3v) is 5.27. The van der Waals surface area contributed by atoms with Crippen LogP contribution in [0.5, 0.6) is 0 Å². The summed E-state index contributed by atoms with van der Waals surface area (Å²) in [6, 6.07) is 9.73. The van der Waals surface area contributed by atoms with Crippen molar-refractivity contribution in [3.63, 3.8) is 0 Å². The van der Waals surface area contributed by atoms with Crippen LogP contribution in [0.1, 0.15) is 34.7 Å². The highest BCUT2D eigenvalue weighted by Crippen LogP contribution is 2.36. The first-order valence-electron chi connectivity index (χ1n) is 9.13. The summed E-state index contributed by atoms with van der Waals surface area (Å²) >= 11 is 0. The number of aromatic nitrogens is 2. The lowest BCUT2D eigenvalue weighted by molar-refractivity contribution is -0.188. The molecule has 0 unspecified atom stereocenters. The van der Waals surface area contributed by atoms with E-state index in [1.165, 1.54) is 0 Å². The van der Waals surface area contributed by atoms with Gasteiger partial charge in [0.15, 0.2) is 0 Å². The molecule has 1 spiro atoms. The molecule has 2 aliphatic rings. The molecule has 2 aromatic rings. The summed E-state index contributed by atoms with van der Waals surface area (Å²) in [7, 11) is 1.89. The highest BCUT2D eigenvalue weighted by molar-refractivity contribution is 5.93. The monoisotopic (exact) mass is 355 g/mol. The van der Waals surface area contributed by atoms with E-state index in [4.69, 9.17) is 9.47 Å². The molecule has 1 amide bonds. The van der Waals surface area contributed by atoms with E-state index in [1.807, 2.05) is 60.0 Å². The van der Waals surface area contributed by atoms with Gasteiger partial charge in [-0.1, -0.05) is 6.07 Å². The Hall–Kier alpha value is -2.18. The number of hydrogen-bond acceptors (Lipinski definition) is 4. The molecule has 4 rings (SSSR count). The van der Waals surface area contributed by atoms with Gasteiger partial charge in [-0.3, -0.25) is 9.78 Å². The zero-order chi connectivity index (χ0) is 18.1. The minimum Gasteiger partial charge on any atom is -0.372 e. The number of pyridine rings is 1. The molecule has 0 saturated carbocycles. The second-order valence-electron chi connectivity index (χ2n) is 7.39. The first-order valence-corrected chi connectivity index (χ1v) is 9.13. The van der Waals surface area contributed by atoms with Crippen molar-refractivity contribution in [2.24, 2.45) is 7.05 Å². The van der Waals surface area contributed by atoms with Crippen LogP contribution in [0, 0.1) is 6.92 Å². The van der Waals surface area contributed by atoms with Crippen LogP contribution in [-0.2, 0) is 23.1 Å². The molecule has 0 aliphatic carbocycles. The first kappa shape index (κ1) is 17.2. The number of aryl methyl sites for hydroxylation is 2. The minimum atomic E-state index is -0.246. The Balaban J connectivity index is 1.32. The molecule has 6 nitrogen and oxygen atoms in total. The Morgan fingerprint density at radius 2 is 2.19 bits per heavy atom. The van der Waals surface area contributed by atoms with Gasteiger partial charge in [0.25, 0.3) is 5.91 Å². The fourth-order valence-corrected chi connectivity index (χ4v) is 3.87. The number of carbonyl (C=O) groups is 1. The summed E-state index contributed by atoms with van der Waals surface area (Å²) in [6.45, 7) is 4.46. The molecule has 2 aromatic heterocycles. The third-order valence-electron chi connectivity index (χ3n) is 5.27. The molecule has 0 aromatic carbocycles. The summed E-state index contributed by atoms with van der Waals surface area (Å²) in [5.41, 5.74) is 2.43. The predicted octanol–water partition coefficient (Wildman–Crippen LogP) is 2.32. The zero-order valence-electron chi connectivity index (χ0n) is 15.4. The van der Waals surface area contributed by atoms with Crippen molar-refractivity contribution in [1.82, 2.24) is 14.5 Å². The van der Waals surface area contributed by atoms with E-state index in [0.29, 0.717) is 32.0 Å². The summed E-state index contributed by atoms with van der Waals surface area (Å²) in [5, 5.41) is 0. The smallest absolute Gasteiger partial charge is 0.270 e. The molecule has 4 heterocycles. The van der Waals surface area contributed by atoms with Crippen molar-refractivity contribution >= 4 is 5.91 Å². The van der Waals surface area contributed by atoms with Crippen LogP contribution in [0.25, 0.3) is 0 Å². The summed E-state index contributed by atoms with van der Waals surface area (Å²) in [4.78, 5) is 18.9. The summed E-state index contributed by atoms with van der Waals surface area (Å²) < 4.78 is 14.0. The van der Waals surface area contributed by atoms with Gasteiger partial charge in [0.1, 0.15) is 11.3 Å². The van der Waals surface area contributed by atoms with E-state index in [2.05, 4.69) is 4.98 Å². The van der Waals surface area contributed by atoms with E-state index in [9.17, 15) is 4.79 Å². The average molecular weight is 355 g/mol. The largest absolute Gasteiger partial charge is 0.372 e. The topological polar surface area (TPSA) is 56.6 Å². The lowest BCUT2D eigenvalue weighted by Gasteiger charge is -2.52. The number of likely N-dealkylation sites (tertiary alicyclic amines) is 1. The van der Waals surface area contributed by atoms with E-state index in [-0.39, 0.29) is 17.6 Å². The Bertz CT molecular complexity index is 795. The third kappa shape index (κ3) is 3.39. The van der Waals surface area contributed by atoms with Crippen LogP contribution < -0.4 is 0 Å². The minimum absolute atomic E-state index is 0.0683. The number of hydrogen-bond donors (Lipinski definition) is 0. The van der Waals surface area contributed by atoms with Gasteiger partial charge in [-0.05, 0) is 37.6 Å². The Kier molecular flexibility index (Phi) is 4.54. The van der Waals surface area contributed by atoms with Crippen molar-refractivity contribution in [2.75, 3.05) is 19.7 Å². The molecule has 0 N–H and O–H groups in total. The van der Waals surface area contributed by atoms with Crippen LogP contribution in [-0.4, -0.2) is 51.8 Å². The standard InChI is InChI=1S/C20H25N3O3/c1-15-5-3-6-16(21-15)12-25-17-8-10-26-20(11-17)13-23(14-20)19(24)18-7-4-9-22(18)2/h3-7,9,17H,8,10-14H2,1-2H3/t17-/m0/s1. The maximum Gasteiger partial charge on any atom is 0.270 e. The predicted molar refractivity (Wildman–Crippen MR) is 96.8 cm³/mol. The zero-order valence-corrected chi connectivity index (χ0v) is 15.4. The molecule has 2 aliphatic heterocycles. The molecule has 2 saturated heterocycles. The van der Waals surface area contributed by atoms with E-state index < -0.39 is 0 Å². The van der Waals surface area contributed by atoms with Crippen LogP contribution in [0.15, 0.2) is 36.5 Å². The van der Waals surface area contributed by atoms with Crippen molar-refractivity contribution in [1.29, 1.82) is 0 Å². The number of nitrogens with zero attached hydrogens (tertiary/aromatic N) is 3. The van der Waals surface area contributed by atoms with Gasteiger partial charge in [0.2, 0.25) is 0 Å². The van der Waals surface area contributed by atoms with Gasteiger partial charge in [0, 0.05) is 32.0 Å². The highest BCUT2D eigenvalue weighted by atomic mass is 16.5. The van der Waals surface area contributed by atoms with E-state index in [1.54, 1.807) is 0 Å². The lowest BCUT2D eigenvalue weighted by atomic mass is 9.84. The second-order valence-corrected chi connectivity index (χ2v) is 7.39. The van der Waals surface area contributed by atoms with Gasteiger partial charge in [-0.15, -0.1) is 0 Å². The average Bonchev–Trinajstić information content (AvgIpc) is 3.03. The van der Waals surface area contributed by atoms with Crippen LogP contribution in [0.3, 0.4) is 0 Å². The highest BCUT2D eigenvalue weighted by Gasteiger charge is 2.50. The Labute approximate surface area is 153 Å². The van der Waals surface area contributed by atoms with Gasteiger partial charge in [-0.25, -0.2) is 0 Å². The molecule has 2 fully saturated rings. The quantitative estimate of drug-likeness (QED) is 0.845. The molecular weight excluding hydrogens is 330 g/mol. The Morgan fingerprint density at radius 3 is 2.92 bits per heavy atom. The normalized spacial score (nSPS) is 21.6. The van der Waals surface area contributed by atoms with Gasteiger partial charge in [-0.2, -0.15) is 0 Å². The molecule has 26 heavy (non-hydrogen) atoms. The van der Waals surface area contributed by atoms with Crippen molar-refractivity contribution in [3.05, 3.63) is 53.6 Å². The van der Waals surface area contributed by atoms with Gasteiger partial charge < -0.3 is 18.9 Å². The van der Waals surface area contributed by atoms with E-state index >= 15 is 0 Å². The molecular formula is C20H25N3O3. The maximum absolute atomic E-state index is 12.6. The number of ether oxygens (including phenoxy) is 2. The lowest BCUT2D eigenvalue weighted by Crippen LogP contribution is -2.67. The van der Waals surface area contributed by atoms with Crippen molar-refractivity contribution in [3.8, 4) is 0 Å². The molecule has 0 bridgehead atoms. The molecule has 138 valence electrons. The van der Waals surface area contributed by atoms with Crippen molar-refractivity contribution < 1.29 is 14.3 Å². The molecule has 0 radical (unpaired) electrons. The molecule has 6 heteroatoms. The van der Waals surface area contributed by atoms with Crippen molar-refractivity contribution in [2.45, 2.75) is 38.1 Å². The number of carbonyl (C=O) groups excluding carboxylic acids is 1. The fourth-order valence-electron chi connectivity index (χ4n) is 3.87. The first-order chi connectivity index (χ1) is 12.5. The van der Waals surface area contributed by atoms with Gasteiger partial charge in [0.05, 0.1) is 31.5 Å². The maximum atomic E-state index is 12.6. The SMILES string of the molecule is Cc1cccc(CO[C@H]2CCOC3(C2)CN(C(=O)c2cccn2C)C3)n1. The fraction of sp³-hybridized carbons (Fsp3) is 0.500. The summed E-state index contributed by atoms with van der Waals surface area (Å²) in [5.74, 6) is 0.0683. The van der Waals surface area contributed by atoms with Gasteiger partial charge >= 0.3 is 0 Å². The molecule has 1 atom stereocenters. The Morgan fingerprint density at radius 1 is 1.35 bits per heavy atom. The summed E-state index contributed by atoms with van der Waals surface area (Å²) in [6.07, 6.45) is 3.76. The number of rotatable bonds is 4.